The van der Waals surface area contributed by atoms with Gasteiger partial charge in [-0.05, 0) is 48.8 Å². The van der Waals surface area contributed by atoms with Crippen molar-refractivity contribution < 1.29 is 9.13 Å². The molecule has 3 unspecified atom stereocenters. The zero-order valence-corrected chi connectivity index (χ0v) is 12.9. The quantitative estimate of drug-likeness (QED) is 0.858. The summed E-state index contributed by atoms with van der Waals surface area (Å²) in [6.07, 6.45) is 3.67. The van der Waals surface area contributed by atoms with Gasteiger partial charge in [-0.2, -0.15) is 0 Å². The third-order valence-electron chi connectivity index (χ3n) is 4.36. The molecular formula is C16H22FNOS. The lowest BCUT2D eigenvalue weighted by Gasteiger charge is -2.32. The number of rotatable bonds is 4. The van der Waals surface area contributed by atoms with E-state index >= 15 is 0 Å². The predicted octanol–water partition coefficient (Wildman–Crippen LogP) is 3.80. The average molecular weight is 295 g/mol. The maximum absolute atomic E-state index is 13.2. The molecule has 0 heterocycles. The first-order valence-corrected chi connectivity index (χ1v) is 7.58. The van der Waals surface area contributed by atoms with Crippen molar-refractivity contribution in [1.82, 2.24) is 0 Å². The lowest BCUT2D eigenvalue weighted by Crippen LogP contribution is -2.27. The number of ether oxygens (including phenoxy) is 1. The molecule has 0 aromatic heterocycles. The topological polar surface area (TPSA) is 35.2 Å². The van der Waals surface area contributed by atoms with Gasteiger partial charge in [-0.15, -0.1) is 0 Å². The van der Waals surface area contributed by atoms with E-state index in [1.807, 2.05) is 0 Å². The summed E-state index contributed by atoms with van der Waals surface area (Å²) in [7, 11) is 0. The van der Waals surface area contributed by atoms with Crippen molar-refractivity contribution in [1.29, 1.82) is 0 Å². The lowest BCUT2D eigenvalue weighted by molar-refractivity contribution is -0.00750. The number of hydrogen-bond acceptors (Lipinski definition) is 2. The van der Waals surface area contributed by atoms with Gasteiger partial charge < -0.3 is 10.5 Å². The van der Waals surface area contributed by atoms with Crippen LogP contribution in [-0.2, 0) is 11.3 Å². The zero-order valence-electron chi connectivity index (χ0n) is 12.1. The second kappa shape index (κ2) is 6.64. The number of hydrogen-bond donors (Lipinski definition) is 1. The van der Waals surface area contributed by atoms with Crippen molar-refractivity contribution in [3.05, 3.63) is 35.1 Å². The van der Waals surface area contributed by atoms with Gasteiger partial charge in [0.2, 0.25) is 0 Å². The molecule has 0 radical (unpaired) electrons. The van der Waals surface area contributed by atoms with E-state index in [0.717, 1.165) is 24.3 Å². The van der Waals surface area contributed by atoms with Crippen molar-refractivity contribution in [2.24, 2.45) is 17.6 Å². The van der Waals surface area contributed by atoms with E-state index in [0.29, 0.717) is 18.1 Å². The highest BCUT2D eigenvalue weighted by molar-refractivity contribution is 7.80. The van der Waals surface area contributed by atoms with Gasteiger partial charge in [0.1, 0.15) is 10.8 Å². The molecule has 1 aliphatic carbocycles. The number of thiocarbonyl (C=S) groups is 1. The van der Waals surface area contributed by atoms with Gasteiger partial charge in [0, 0.05) is 5.56 Å². The molecule has 1 aromatic carbocycles. The van der Waals surface area contributed by atoms with Crippen LogP contribution in [0.25, 0.3) is 0 Å². The molecule has 0 aliphatic heterocycles. The van der Waals surface area contributed by atoms with Gasteiger partial charge >= 0.3 is 0 Å². The Hall–Kier alpha value is -1.00. The van der Waals surface area contributed by atoms with Crippen LogP contribution in [0.5, 0.6) is 0 Å². The van der Waals surface area contributed by atoms with Gasteiger partial charge in [-0.3, -0.25) is 0 Å². The third-order valence-corrected chi connectivity index (χ3v) is 4.58. The highest BCUT2D eigenvalue weighted by atomic mass is 32.1. The van der Waals surface area contributed by atoms with Gasteiger partial charge in [-0.1, -0.05) is 32.1 Å². The minimum atomic E-state index is -0.323. The fraction of sp³-hybridized carbons (Fsp3) is 0.562. The molecule has 2 nitrogen and oxygen atoms in total. The van der Waals surface area contributed by atoms with E-state index in [4.69, 9.17) is 22.7 Å². The number of benzene rings is 1. The van der Waals surface area contributed by atoms with Crippen molar-refractivity contribution >= 4 is 17.2 Å². The van der Waals surface area contributed by atoms with Crippen LogP contribution in [-0.4, -0.2) is 11.1 Å². The Morgan fingerprint density at radius 2 is 2.10 bits per heavy atom. The molecule has 1 fully saturated rings. The van der Waals surface area contributed by atoms with Crippen LogP contribution in [0.2, 0.25) is 0 Å². The maximum atomic E-state index is 13.2. The molecule has 4 heteroatoms. The fourth-order valence-corrected chi connectivity index (χ4v) is 2.95. The zero-order chi connectivity index (χ0) is 14.7. The normalized spacial score (nSPS) is 26.4. The summed E-state index contributed by atoms with van der Waals surface area (Å²) in [6, 6.07) is 4.51. The Kier molecular flexibility index (Phi) is 5.11. The lowest BCUT2D eigenvalue weighted by atomic mass is 9.80. The van der Waals surface area contributed by atoms with Gasteiger partial charge in [0.25, 0.3) is 0 Å². The second-order valence-corrected chi connectivity index (χ2v) is 6.31. The Bertz CT molecular complexity index is 491. The standard InChI is InChI=1S/C16H22FNOS/c1-10-3-6-14(7-11(10)2)19-9-12-4-5-13(17)8-15(12)16(18)20/h4-5,8,10-11,14H,3,6-7,9H2,1-2H3,(H2,18,20). The summed E-state index contributed by atoms with van der Waals surface area (Å²) in [6.45, 7) is 5.02. The van der Waals surface area contributed by atoms with Crippen LogP contribution in [0.3, 0.4) is 0 Å². The third kappa shape index (κ3) is 3.76. The van der Waals surface area contributed by atoms with E-state index in [-0.39, 0.29) is 16.9 Å². The van der Waals surface area contributed by atoms with Gasteiger partial charge in [0.05, 0.1) is 12.7 Å². The van der Waals surface area contributed by atoms with Crippen LogP contribution >= 0.6 is 12.2 Å². The summed E-state index contributed by atoms with van der Waals surface area (Å²) in [5, 5.41) is 0. The SMILES string of the molecule is CC1CCC(OCc2ccc(F)cc2C(N)=S)CC1C. The predicted molar refractivity (Wildman–Crippen MR) is 83.0 cm³/mol. The Morgan fingerprint density at radius 3 is 2.75 bits per heavy atom. The molecule has 2 rings (SSSR count). The number of halogens is 1. The molecule has 1 aromatic rings. The van der Waals surface area contributed by atoms with E-state index in [1.165, 1.54) is 18.6 Å². The fourth-order valence-electron chi connectivity index (χ4n) is 2.76. The molecule has 1 saturated carbocycles. The summed E-state index contributed by atoms with van der Waals surface area (Å²) >= 11 is 4.97. The molecule has 0 amide bonds. The Balaban J connectivity index is 1.99. The molecular weight excluding hydrogens is 273 g/mol. The van der Waals surface area contributed by atoms with Crippen LogP contribution in [0, 0.1) is 17.7 Å². The molecule has 1 aliphatic rings. The van der Waals surface area contributed by atoms with Crippen LogP contribution in [0.4, 0.5) is 4.39 Å². The summed E-state index contributed by atoms with van der Waals surface area (Å²) in [5.41, 5.74) is 7.09. The minimum Gasteiger partial charge on any atom is -0.389 e. The Labute approximate surface area is 125 Å². The number of nitrogens with two attached hydrogens (primary N) is 1. The minimum absolute atomic E-state index is 0.216. The molecule has 20 heavy (non-hydrogen) atoms. The summed E-state index contributed by atoms with van der Waals surface area (Å²) in [4.78, 5) is 0.216. The first-order valence-electron chi connectivity index (χ1n) is 7.17. The largest absolute Gasteiger partial charge is 0.389 e. The first-order chi connectivity index (χ1) is 9.47. The molecule has 110 valence electrons. The monoisotopic (exact) mass is 295 g/mol. The van der Waals surface area contributed by atoms with Crippen molar-refractivity contribution in [2.45, 2.75) is 45.8 Å². The highest BCUT2D eigenvalue weighted by Crippen LogP contribution is 2.31. The highest BCUT2D eigenvalue weighted by Gasteiger charge is 2.25. The summed E-state index contributed by atoms with van der Waals surface area (Å²) < 4.78 is 19.2. The smallest absolute Gasteiger partial charge is 0.123 e. The maximum Gasteiger partial charge on any atom is 0.123 e. The average Bonchev–Trinajstić information content (AvgIpc) is 2.41. The van der Waals surface area contributed by atoms with Crippen LogP contribution in [0.15, 0.2) is 18.2 Å². The van der Waals surface area contributed by atoms with Gasteiger partial charge in [-0.25, -0.2) is 4.39 Å². The van der Waals surface area contributed by atoms with E-state index in [1.54, 1.807) is 6.07 Å². The first kappa shape index (κ1) is 15.4. The van der Waals surface area contributed by atoms with Crippen LogP contribution < -0.4 is 5.73 Å². The van der Waals surface area contributed by atoms with Crippen molar-refractivity contribution in [3.63, 3.8) is 0 Å². The summed E-state index contributed by atoms with van der Waals surface area (Å²) in [5.74, 6) is 1.14. The molecule has 3 atom stereocenters. The van der Waals surface area contributed by atoms with Crippen molar-refractivity contribution in [3.8, 4) is 0 Å². The Morgan fingerprint density at radius 1 is 1.35 bits per heavy atom. The molecule has 0 saturated heterocycles. The van der Waals surface area contributed by atoms with E-state index in [2.05, 4.69) is 13.8 Å². The molecule has 0 bridgehead atoms. The van der Waals surface area contributed by atoms with Crippen LogP contribution in [0.1, 0.15) is 44.2 Å². The molecule has 0 spiro atoms. The second-order valence-electron chi connectivity index (χ2n) is 5.87. The van der Waals surface area contributed by atoms with Gasteiger partial charge in [0.15, 0.2) is 0 Å². The van der Waals surface area contributed by atoms with E-state index in [9.17, 15) is 4.39 Å². The molecule has 2 N–H and O–H groups in total. The van der Waals surface area contributed by atoms with E-state index < -0.39 is 0 Å². The van der Waals surface area contributed by atoms with Crippen molar-refractivity contribution in [2.75, 3.05) is 0 Å².